The summed E-state index contributed by atoms with van der Waals surface area (Å²) in [5, 5.41) is 16.7. The Morgan fingerprint density at radius 3 is 2.94 bits per heavy atom. The molecule has 11 heteroatoms. The van der Waals surface area contributed by atoms with E-state index in [1.54, 1.807) is 0 Å². The zero-order chi connectivity index (χ0) is 22.0. The molecule has 4 rings (SSSR count). The fraction of sp³-hybridized carbons (Fsp3) is 0.500. The number of hydrogen-bond acceptors (Lipinski definition) is 8. The van der Waals surface area contributed by atoms with E-state index < -0.39 is 0 Å². The molecule has 0 saturated heterocycles. The lowest BCUT2D eigenvalue weighted by Gasteiger charge is -2.28. The van der Waals surface area contributed by atoms with E-state index in [1.807, 2.05) is 19.9 Å². The first-order valence-corrected chi connectivity index (χ1v) is 11.4. The topological polar surface area (TPSA) is 98.2 Å². The number of carbonyl (C=O) groups is 1. The third-order valence-corrected chi connectivity index (χ3v) is 6.85. The van der Waals surface area contributed by atoms with Crippen molar-refractivity contribution in [3.05, 3.63) is 32.1 Å². The number of anilines is 1. The third-order valence-electron chi connectivity index (χ3n) is 5.24. The summed E-state index contributed by atoms with van der Waals surface area (Å²) >= 11 is 7.93. The summed E-state index contributed by atoms with van der Waals surface area (Å²) in [6, 6.07) is 1.94. The largest absolute Gasteiger partial charge is 0.465 e. The van der Waals surface area contributed by atoms with Gasteiger partial charge in [0, 0.05) is 31.2 Å². The summed E-state index contributed by atoms with van der Waals surface area (Å²) < 4.78 is 12.4. The van der Waals surface area contributed by atoms with E-state index in [2.05, 4.69) is 29.9 Å². The monoisotopic (exact) mass is 464 g/mol. The number of thiophene rings is 1. The third kappa shape index (κ3) is 4.32. The van der Waals surface area contributed by atoms with Gasteiger partial charge >= 0.3 is 5.97 Å². The van der Waals surface area contributed by atoms with Gasteiger partial charge < -0.3 is 14.4 Å². The van der Waals surface area contributed by atoms with Gasteiger partial charge in [0.15, 0.2) is 5.82 Å². The van der Waals surface area contributed by atoms with E-state index >= 15 is 0 Å². The fourth-order valence-electron chi connectivity index (χ4n) is 3.63. The molecule has 31 heavy (non-hydrogen) atoms. The number of halogens is 1. The fourth-order valence-corrected chi connectivity index (χ4v) is 4.95. The van der Waals surface area contributed by atoms with Crippen molar-refractivity contribution in [1.29, 1.82) is 0 Å². The molecule has 0 aliphatic carbocycles. The number of ether oxygens (including phenoxy) is 2. The molecule has 0 spiro atoms. The molecule has 0 fully saturated rings. The maximum absolute atomic E-state index is 11.9. The number of esters is 1. The van der Waals surface area contributed by atoms with Crippen LogP contribution in [0.1, 0.15) is 39.2 Å². The first-order chi connectivity index (χ1) is 15.0. The normalized spacial score (nSPS) is 13.5. The number of rotatable bonds is 8. The number of nitrogens with one attached hydrogen (secondary N) is 1. The van der Waals surface area contributed by atoms with Crippen molar-refractivity contribution >= 4 is 34.9 Å². The number of hydrogen-bond donors (Lipinski definition) is 1. The molecular formula is C20H25ClN6O3S. The van der Waals surface area contributed by atoms with Gasteiger partial charge in [-0.15, -0.1) is 21.5 Å². The molecule has 0 unspecified atom stereocenters. The molecule has 0 saturated carbocycles. The number of nitrogens with zero attached hydrogens (tertiary/aromatic N) is 5. The second-order valence-corrected chi connectivity index (χ2v) is 8.77. The van der Waals surface area contributed by atoms with Crippen molar-refractivity contribution in [3.8, 4) is 11.5 Å². The van der Waals surface area contributed by atoms with E-state index in [4.69, 9.17) is 21.1 Å². The zero-order valence-electron chi connectivity index (χ0n) is 17.8. The molecule has 0 aromatic carbocycles. The predicted octanol–water partition coefficient (Wildman–Crippen LogP) is 3.47. The van der Waals surface area contributed by atoms with E-state index in [1.165, 1.54) is 24.0 Å². The van der Waals surface area contributed by atoms with Crippen LogP contribution < -0.4 is 4.90 Å². The van der Waals surface area contributed by atoms with Crippen molar-refractivity contribution < 1.29 is 14.3 Å². The SMILES string of the molecule is CCOCCCn1c(-c2n[nH]c(C)c2Cl)nnc1N1CCc2cc(C(=O)OC)sc2C1. The molecule has 4 heterocycles. The first-order valence-electron chi connectivity index (χ1n) is 10.2. The smallest absolute Gasteiger partial charge is 0.348 e. The van der Waals surface area contributed by atoms with Crippen LogP contribution in [0.2, 0.25) is 5.02 Å². The average molecular weight is 465 g/mol. The molecule has 0 atom stereocenters. The summed E-state index contributed by atoms with van der Waals surface area (Å²) in [7, 11) is 1.40. The van der Waals surface area contributed by atoms with Crippen molar-refractivity contribution in [2.24, 2.45) is 0 Å². The van der Waals surface area contributed by atoms with Crippen molar-refractivity contribution in [1.82, 2.24) is 25.0 Å². The van der Waals surface area contributed by atoms with Crippen LogP contribution in [-0.2, 0) is 29.0 Å². The molecule has 0 radical (unpaired) electrons. The molecule has 9 nitrogen and oxygen atoms in total. The van der Waals surface area contributed by atoms with Gasteiger partial charge in [-0.05, 0) is 38.3 Å². The highest BCUT2D eigenvalue weighted by Gasteiger charge is 2.27. The van der Waals surface area contributed by atoms with Crippen LogP contribution in [-0.4, -0.2) is 57.8 Å². The molecule has 1 N–H and O–H groups in total. The molecular weight excluding hydrogens is 440 g/mol. The summed E-state index contributed by atoms with van der Waals surface area (Å²) in [4.78, 5) is 15.9. The van der Waals surface area contributed by atoms with Gasteiger partial charge in [0.2, 0.25) is 5.95 Å². The quantitative estimate of drug-likeness (QED) is 0.402. The Hall–Kier alpha value is -2.43. The van der Waals surface area contributed by atoms with Crippen LogP contribution in [0.3, 0.4) is 0 Å². The minimum atomic E-state index is -0.295. The standard InChI is InChI=1S/C20H25ClN6O3S/c1-4-30-9-5-7-27-18(17-16(21)12(2)22-23-17)24-25-20(27)26-8-6-13-10-14(19(28)29-3)31-15(13)11-26/h10H,4-9,11H2,1-3H3,(H,22,23). The summed E-state index contributed by atoms with van der Waals surface area (Å²) in [6.45, 7) is 7.31. The van der Waals surface area contributed by atoms with Gasteiger partial charge in [-0.1, -0.05) is 11.6 Å². The Morgan fingerprint density at radius 1 is 1.39 bits per heavy atom. The Balaban J connectivity index is 1.63. The molecule has 1 aliphatic rings. The number of aromatic nitrogens is 5. The molecule has 0 bridgehead atoms. The number of carbonyl (C=O) groups excluding carboxylic acids is 1. The molecule has 1 aliphatic heterocycles. The van der Waals surface area contributed by atoms with Gasteiger partial charge in [0.1, 0.15) is 10.6 Å². The van der Waals surface area contributed by atoms with Gasteiger partial charge in [0.05, 0.1) is 24.4 Å². The maximum Gasteiger partial charge on any atom is 0.348 e. The van der Waals surface area contributed by atoms with E-state index in [-0.39, 0.29) is 5.97 Å². The van der Waals surface area contributed by atoms with Crippen molar-refractivity contribution in [3.63, 3.8) is 0 Å². The molecule has 3 aromatic heterocycles. The second-order valence-electron chi connectivity index (χ2n) is 7.26. The minimum Gasteiger partial charge on any atom is -0.465 e. The van der Waals surface area contributed by atoms with Crippen LogP contribution in [0, 0.1) is 6.92 Å². The Morgan fingerprint density at radius 2 is 2.23 bits per heavy atom. The van der Waals surface area contributed by atoms with Crippen LogP contribution in [0.5, 0.6) is 0 Å². The lowest BCUT2D eigenvalue weighted by Crippen LogP contribution is -2.32. The number of methoxy groups -OCH3 is 1. The van der Waals surface area contributed by atoms with E-state index in [0.717, 1.165) is 35.9 Å². The van der Waals surface area contributed by atoms with E-state index in [9.17, 15) is 4.79 Å². The Bertz CT molecular complexity index is 1080. The number of H-pyrrole nitrogens is 1. The van der Waals surface area contributed by atoms with Crippen molar-refractivity contribution in [2.45, 2.75) is 39.8 Å². The highest BCUT2D eigenvalue weighted by atomic mass is 35.5. The Kier molecular flexibility index (Phi) is 6.59. The van der Waals surface area contributed by atoms with Gasteiger partial charge in [-0.2, -0.15) is 5.10 Å². The van der Waals surface area contributed by atoms with E-state index in [0.29, 0.717) is 47.7 Å². The molecule has 0 amide bonds. The highest BCUT2D eigenvalue weighted by molar-refractivity contribution is 7.14. The summed E-state index contributed by atoms with van der Waals surface area (Å²) in [5.41, 5.74) is 2.57. The second kappa shape index (κ2) is 9.37. The van der Waals surface area contributed by atoms with Gasteiger partial charge in [0.25, 0.3) is 0 Å². The summed E-state index contributed by atoms with van der Waals surface area (Å²) in [6.07, 6.45) is 1.64. The van der Waals surface area contributed by atoms with Crippen LogP contribution >= 0.6 is 22.9 Å². The predicted molar refractivity (Wildman–Crippen MR) is 119 cm³/mol. The maximum atomic E-state index is 11.9. The highest BCUT2D eigenvalue weighted by Crippen LogP contribution is 2.33. The Labute approximate surface area is 189 Å². The average Bonchev–Trinajstić information content (AvgIpc) is 3.47. The zero-order valence-corrected chi connectivity index (χ0v) is 19.3. The van der Waals surface area contributed by atoms with Crippen LogP contribution in [0.4, 0.5) is 5.95 Å². The van der Waals surface area contributed by atoms with Crippen LogP contribution in [0.25, 0.3) is 11.5 Å². The van der Waals surface area contributed by atoms with Gasteiger partial charge in [-0.3, -0.25) is 9.67 Å². The number of aromatic amines is 1. The van der Waals surface area contributed by atoms with Crippen molar-refractivity contribution in [2.75, 3.05) is 31.8 Å². The van der Waals surface area contributed by atoms with Crippen LogP contribution in [0.15, 0.2) is 6.07 Å². The molecule has 166 valence electrons. The van der Waals surface area contributed by atoms with Gasteiger partial charge in [-0.25, -0.2) is 4.79 Å². The lowest BCUT2D eigenvalue weighted by molar-refractivity contribution is 0.0606. The lowest BCUT2D eigenvalue weighted by atomic mass is 10.1. The number of fused-ring (bicyclic) bond motifs is 1. The minimum absolute atomic E-state index is 0.295. The molecule has 3 aromatic rings. The number of aryl methyl sites for hydroxylation is 1. The summed E-state index contributed by atoms with van der Waals surface area (Å²) in [5.74, 6) is 1.10. The first kappa shape index (κ1) is 21.8.